The Balaban J connectivity index is 1.50. The molecule has 0 saturated carbocycles. The Labute approximate surface area is 264 Å². The molecular weight excluding hydrogens is 611 g/mol. The van der Waals surface area contributed by atoms with E-state index in [2.05, 4.69) is 4.90 Å². The number of ether oxygens (including phenoxy) is 2. The van der Waals surface area contributed by atoms with Gasteiger partial charge in [0.1, 0.15) is 10.8 Å². The van der Waals surface area contributed by atoms with Crippen molar-refractivity contribution in [2.45, 2.75) is 64.1 Å². The van der Waals surface area contributed by atoms with Crippen LogP contribution in [-0.4, -0.2) is 65.6 Å². The highest BCUT2D eigenvalue weighted by atomic mass is 32.2. The number of carbonyl (C=O) groups excluding carboxylic acids is 2. The second-order valence-corrected chi connectivity index (χ2v) is 13.1. The van der Waals surface area contributed by atoms with Crippen LogP contribution in [0.5, 0.6) is 5.75 Å². The molecule has 1 atom stereocenters. The van der Waals surface area contributed by atoms with Gasteiger partial charge >= 0.3 is 12.1 Å². The third-order valence-corrected chi connectivity index (χ3v) is 9.58. The first-order chi connectivity index (χ1) is 20.8. The summed E-state index contributed by atoms with van der Waals surface area (Å²) in [6.45, 7) is 12.8. The number of hydrogen-bond acceptors (Lipinski definition) is 8. The monoisotopic (exact) mass is 649 g/mol. The number of benzene rings is 2. The van der Waals surface area contributed by atoms with Crippen LogP contribution in [-0.2, 0) is 32.8 Å². The number of thiazole rings is 1. The molecule has 44 heavy (non-hydrogen) atoms. The number of thioether (sulfide) groups is 1. The number of aryl methyl sites for hydroxylation is 1. The molecule has 3 aromatic rings. The average molecular weight is 650 g/mol. The van der Waals surface area contributed by atoms with Crippen LogP contribution in [0.3, 0.4) is 0 Å². The van der Waals surface area contributed by atoms with Crippen molar-refractivity contribution in [2.75, 3.05) is 32.8 Å². The van der Waals surface area contributed by atoms with E-state index >= 15 is 0 Å². The van der Waals surface area contributed by atoms with Crippen molar-refractivity contribution in [3.05, 3.63) is 64.2 Å². The lowest BCUT2D eigenvalue weighted by Gasteiger charge is -2.35. The van der Waals surface area contributed by atoms with E-state index in [0.29, 0.717) is 41.7 Å². The number of piperazine rings is 1. The van der Waals surface area contributed by atoms with E-state index in [-0.39, 0.29) is 18.4 Å². The van der Waals surface area contributed by atoms with Gasteiger partial charge in [-0.15, -0.1) is 23.1 Å². The predicted octanol–water partition coefficient (Wildman–Crippen LogP) is 7.06. The zero-order valence-electron chi connectivity index (χ0n) is 25.6. The molecule has 0 N–H and O–H groups in total. The lowest BCUT2D eigenvalue weighted by Crippen LogP contribution is -2.49. The van der Waals surface area contributed by atoms with Gasteiger partial charge in [-0.25, -0.2) is 9.78 Å². The van der Waals surface area contributed by atoms with Gasteiger partial charge in [-0.1, -0.05) is 26.0 Å². The largest absolute Gasteiger partial charge is 0.479 e. The number of amides is 1. The number of alkyl halides is 3. The molecule has 4 rings (SSSR count). The first-order valence-corrected chi connectivity index (χ1v) is 16.4. The molecule has 0 bridgehead atoms. The smallest absolute Gasteiger partial charge is 0.416 e. The van der Waals surface area contributed by atoms with Gasteiger partial charge in [0.15, 0.2) is 6.10 Å². The zero-order chi connectivity index (χ0) is 32.0. The van der Waals surface area contributed by atoms with Gasteiger partial charge in [0.2, 0.25) is 5.91 Å². The molecule has 238 valence electrons. The molecule has 2 aromatic carbocycles. The number of nitrogens with zero attached hydrogens (tertiary/aromatic N) is 3. The Morgan fingerprint density at radius 1 is 1.05 bits per heavy atom. The highest BCUT2D eigenvalue weighted by Crippen LogP contribution is 2.36. The second kappa shape index (κ2) is 14.8. The molecule has 1 unspecified atom stereocenters. The molecule has 1 aromatic heterocycles. The predicted molar refractivity (Wildman–Crippen MR) is 167 cm³/mol. The van der Waals surface area contributed by atoms with E-state index in [1.165, 1.54) is 23.5 Å². The van der Waals surface area contributed by atoms with E-state index in [0.717, 1.165) is 46.3 Å². The van der Waals surface area contributed by atoms with Crippen LogP contribution in [0.4, 0.5) is 13.2 Å². The number of rotatable bonds is 11. The summed E-state index contributed by atoms with van der Waals surface area (Å²) in [7, 11) is 0. The van der Waals surface area contributed by atoms with E-state index in [4.69, 9.17) is 14.5 Å². The number of esters is 1. The fourth-order valence-electron chi connectivity index (χ4n) is 4.74. The van der Waals surface area contributed by atoms with Gasteiger partial charge in [0.05, 0.1) is 17.9 Å². The van der Waals surface area contributed by atoms with Crippen LogP contribution < -0.4 is 4.74 Å². The summed E-state index contributed by atoms with van der Waals surface area (Å²) in [6, 6.07) is 10.9. The van der Waals surface area contributed by atoms with Crippen LogP contribution in [0.1, 0.15) is 49.4 Å². The maximum Gasteiger partial charge on any atom is 0.416 e. The molecular formula is C32H38F3N3O4S2. The fraction of sp³-hybridized carbons (Fsp3) is 0.469. The minimum Gasteiger partial charge on any atom is -0.479 e. The van der Waals surface area contributed by atoms with Crippen molar-refractivity contribution in [3.8, 4) is 16.3 Å². The molecule has 0 spiro atoms. The Morgan fingerprint density at radius 2 is 1.73 bits per heavy atom. The Morgan fingerprint density at radius 3 is 2.32 bits per heavy atom. The highest BCUT2D eigenvalue weighted by molar-refractivity contribution is 7.98. The van der Waals surface area contributed by atoms with E-state index in [1.54, 1.807) is 25.6 Å². The van der Waals surface area contributed by atoms with Crippen LogP contribution in [0.15, 0.2) is 47.4 Å². The molecule has 0 radical (unpaired) electrons. The van der Waals surface area contributed by atoms with E-state index in [1.807, 2.05) is 43.9 Å². The van der Waals surface area contributed by atoms with Crippen LogP contribution in [0.25, 0.3) is 10.6 Å². The summed E-state index contributed by atoms with van der Waals surface area (Å²) >= 11 is 3.12. The first-order valence-electron chi connectivity index (χ1n) is 14.6. The SMILES string of the molecule is CCOC(=O)C(C)Oc1ccc(SCc2sc(-c3ccc(C(F)(F)F)cc3)nc2CN2CCN(C(=O)C(C)C)CC2)cc1C. The topological polar surface area (TPSA) is 72.0 Å². The van der Waals surface area contributed by atoms with Gasteiger partial charge in [-0.05, 0) is 56.7 Å². The van der Waals surface area contributed by atoms with Crippen molar-refractivity contribution in [3.63, 3.8) is 0 Å². The van der Waals surface area contributed by atoms with Crippen molar-refractivity contribution in [1.82, 2.24) is 14.8 Å². The molecule has 7 nitrogen and oxygen atoms in total. The fourth-order valence-corrected chi connectivity index (χ4v) is 6.91. The summed E-state index contributed by atoms with van der Waals surface area (Å²) in [6.07, 6.45) is -5.12. The third-order valence-electron chi connectivity index (χ3n) is 7.23. The zero-order valence-corrected chi connectivity index (χ0v) is 27.2. The van der Waals surface area contributed by atoms with Crippen molar-refractivity contribution in [2.24, 2.45) is 5.92 Å². The van der Waals surface area contributed by atoms with E-state index < -0.39 is 23.8 Å². The molecule has 1 saturated heterocycles. The Bertz CT molecular complexity index is 1440. The Kier molecular flexibility index (Phi) is 11.4. The minimum absolute atomic E-state index is 0.0414. The van der Waals surface area contributed by atoms with Crippen molar-refractivity contribution < 1.29 is 32.2 Å². The molecule has 2 heterocycles. The van der Waals surface area contributed by atoms with Crippen molar-refractivity contribution in [1.29, 1.82) is 0 Å². The molecule has 1 amide bonds. The highest BCUT2D eigenvalue weighted by Gasteiger charge is 2.30. The van der Waals surface area contributed by atoms with E-state index in [9.17, 15) is 22.8 Å². The quantitative estimate of drug-likeness (QED) is 0.163. The third kappa shape index (κ3) is 8.76. The molecule has 12 heteroatoms. The van der Waals surface area contributed by atoms with Gasteiger partial charge in [-0.3, -0.25) is 9.69 Å². The van der Waals surface area contributed by atoms with Crippen LogP contribution in [0, 0.1) is 12.8 Å². The Hall–Kier alpha value is -3.09. The number of hydrogen-bond donors (Lipinski definition) is 0. The summed E-state index contributed by atoms with van der Waals surface area (Å²) < 4.78 is 50.3. The lowest BCUT2D eigenvalue weighted by atomic mass is 10.1. The number of aromatic nitrogens is 1. The normalized spacial score (nSPS) is 15.0. The lowest BCUT2D eigenvalue weighted by molar-refractivity contribution is -0.150. The second-order valence-electron chi connectivity index (χ2n) is 10.9. The summed E-state index contributed by atoms with van der Waals surface area (Å²) in [5.74, 6) is 0.924. The maximum atomic E-state index is 13.1. The molecule has 1 aliphatic heterocycles. The van der Waals surface area contributed by atoms with Crippen LogP contribution >= 0.6 is 23.1 Å². The average Bonchev–Trinajstić information content (AvgIpc) is 3.39. The summed E-state index contributed by atoms with van der Waals surface area (Å²) in [4.78, 5) is 35.5. The first kappa shape index (κ1) is 33.8. The van der Waals surface area contributed by atoms with Crippen molar-refractivity contribution >= 4 is 35.0 Å². The van der Waals surface area contributed by atoms with Gasteiger partial charge in [0.25, 0.3) is 0 Å². The van der Waals surface area contributed by atoms with Gasteiger partial charge in [-0.2, -0.15) is 13.2 Å². The molecule has 1 fully saturated rings. The van der Waals surface area contributed by atoms with Gasteiger partial charge in [0, 0.05) is 59.7 Å². The van der Waals surface area contributed by atoms with Gasteiger partial charge < -0.3 is 14.4 Å². The summed E-state index contributed by atoms with van der Waals surface area (Å²) in [5.41, 5.74) is 1.72. The molecule has 0 aliphatic carbocycles. The maximum absolute atomic E-state index is 13.1. The number of carbonyl (C=O) groups is 2. The van der Waals surface area contributed by atoms with Crippen LogP contribution in [0.2, 0.25) is 0 Å². The number of halogens is 3. The molecule has 1 aliphatic rings. The minimum atomic E-state index is -4.40. The summed E-state index contributed by atoms with van der Waals surface area (Å²) in [5, 5.41) is 0.672. The standard InChI is InChI=1S/C32H38F3N3O4S2/c1-6-41-31(40)22(5)42-27-12-11-25(17-21(27)4)43-19-28-26(18-37-13-15-38(16-14-37)30(39)20(2)3)36-29(44-28)23-7-9-24(10-8-23)32(33,34)35/h7-12,17,20,22H,6,13-16,18-19H2,1-5H3.